The average molecular weight is 494 g/mol. The van der Waals surface area contributed by atoms with E-state index in [-0.39, 0.29) is 33.8 Å². The molecule has 0 fully saturated rings. The van der Waals surface area contributed by atoms with Crippen LogP contribution in [0.3, 0.4) is 0 Å². The zero-order chi connectivity index (χ0) is 24.5. The SMILES string of the molecule is Nc1ncnc(Oc2ccc(NC(=O)c3cnn(-c4ccncc4)c3C(F)(F)F)cc2F)c1Cl. The monoisotopic (exact) mass is 493 g/mol. The van der Waals surface area contributed by atoms with E-state index in [2.05, 4.69) is 25.4 Å². The first-order chi connectivity index (χ1) is 16.1. The van der Waals surface area contributed by atoms with Crippen LogP contribution in [-0.2, 0) is 6.18 Å². The number of nitrogens with zero attached hydrogens (tertiary/aromatic N) is 5. The van der Waals surface area contributed by atoms with Crippen LogP contribution in [0.2, 0.25) is 5.02 Å². The average Bonchev–Trinajstić information content (AvgIpc) is 3.25. The molecule has 0 aliphatic rings. The number of hydrogen-bond donors (Lipinski definition) is 2. The number of nitrogens with two attached hydrogens (primary N) is 1. The Morgan fingerprint density at radius 2 is 1.88 bits per heavy atom. The van der Waals surface area contributed by atoms with E-state index in [0.717, 1.165) is 24.7 Å². The van der Waals surface area contributed by atoms with Crippen molar-refractivity contribution < 1.29 is 27.1 Å². The van der Waals surface area contributed by atoms with Gasteiger partial charge in [0, 0.05) is 24.1 Å². The van der Waals surface area contributed by atoms with E-state index in [0.29, 0.717) is 4.68 Å². The molecule has 0 aliphatic heterocycles. The van der Waals surface area contributed by atoms with Crippen LogP contribution >= 0.6 is 11.6 Å². The summed E-state index contributed by atoms with van der Waals surface area (Å²) in [5.41, 5.74) is 3.40. The smallest absolute Gasteiger partial charge is 0.434 e. The molecule has 0 saturated carbocycles. The number of carbonyl (C=O) groups excluding carboxylic acids is 1. The van der Waals surface area contributed by atoms with Crippen molar-refractivity contribution in [2.75, 3.05) is 11.1 Å². The summed E-state index contributed by atoms with van der Waals surface area (Å²) >= 11 is 5.90. The summed E-state index contributed by atoms with van der Waals surface area (Å²) in [5, 5.41) is 5.77. The van der Waals surface area contributed by atoms with E-state index in [4.69, 9.17) is 22.1 Å². The lowest BCUT2D eigenvalue weighted by Gasteiger charge is -2.13. The number of amides is 1. The van der Waals surface area contributed by atoms with Crippen LogP contribution in [0.4, 0.5) is 29.1 Å². The van der Waals surface area contributed by atoms with Gasteiger partial charge in [-0.3, -0.25) is 9.78 Å². The molecule has 3 N–H and O–H groups in total. The van der Waals surface area contributed by atoms with Gasteiger partial charge in [0.05, 0.1) is 17.4 Å². The van der Waals surface area contributed by atoms with Gasteiger partial charge in [-0.05, 0) is 24.3 Å². The van der Waals surface area contributed by atoms with E-state index in [1.807, 2.05) is 0 Å². The Balaban J connectivity index is 1.59. The lowest BCUT2D eigenvalue weighted by atomic mass is 10.2. The number of hydrogen-bond acceptors (Lipinski definition) is 7. The van der Waals surface area contributed by atoms with Crippen molar-refractivity contribution in [3.05, 3.63) is 77.3 Å². The second-order valence-corrected chi connectivity index (χ2v) is 6.98. The number of anilines is 2. The molecule has 14 heteroatoms. The van der Waals surface area contributed by atoms with Crippen LogP contribution < -0.4 is 15.8 Å². The van der Waals surface area contributed by atoms with E-state index in [1.165, 1.54) is 30.6 Å². The Bertz CT molecular complexity index is 1360. The van der Waals surface area contributed by atoms with Crippen molar-refractivity contribution >= 4 is 29.0 Å². The van der Waals surface area contributed by atoms with Gasteiger partial charge in [0.25, 0.3) is 5.91 Å². The van der Waals surface area contributed by atoms with E-state index < -0.39 is 29.2 Å². The van der Waals surface area contributed by atoms with Gasteiger partial charge < -0.3 is 15.8 Å². The molecule has 3 aromatic heterocycles. The predicted octanol–water partition coefficient (Wildman–Crippen LogP) is 4.50. The van der Waals surface area contributed by atoms with Gasteiger partial charge in [0.2, 0.25) is 5.88 Å². The first-order valence-electron chi connectivity index (χ1n) is 9.25. The van der Waals surface area contributed by atoms with Crippen LogP contribution in [0.5, 0.6) is 11.6 Å². The number of halogens is 5. The summed E-state index contributed by atoms with van der Waals surface area (Å²) < 4.78 is 61.6. The molecule has 3 heterocycles. The first-order valence-corrected chi connectivity index (χ1v) is 9.63. The number of nitrogens with one attached hydrogen (secondary N) is 1. The van der Waals surface area contributed by atoms with Crippen molar-refractivity contribution in [1.82, 2.24) is 24.7 Å². The molecule has 0 radical (unpaired) electrons. The molecule has 34 heavy (non-hydrogen) atoms. The third-order valence-corrected chi connectivity index (χ3v) is 4.73. The van der Waals surface area contributed by atoms with Gasteiger partial charge in [-0.25, -0.2) is 14.1 Å². The predicted molar refractivity (Wildman–Crippen MR) is 112 cm³/mol. The van der Waals surface area contributed by atoms with Gasteiger partial charge in [-0.2, -0.15) is 23.3 Å². The highest BCUT2D eigenvalue weighted by molar-refractivity contribution is 6.34. The Kier molecular flexibility index (Phi) is 6.03. The van der Waals surface area contributed by atoms with Gasteiger partial charge >= 0.3 is 6.18 Å². The van der Waals surface area contributed by atoms with E-state index in [9.17, 15) is 22.4 Å². The Morgan fingerprint density at radius 3 is 2.56 bits per heavy atom. The van der Waals surface area contributed by atoms with Crippen LogP contribution in [0, 0.1) is 5.82 Å². The second kappa shape index (κ2) is 8.94. The highest BCUT2D eigenvalue weighted by atomic mass is 35.5. The van der Waals surface area contributed by atoms with Gasteiger partial charge in [0.1, 0.15) is 17.2 Å². The van der Waals surface area contributed by atoms with E-state index >= 15 is 0 Å². The third-order valence-electron chi connectivity index (χ3n) is 4.37. The standard InChI is InChI=1S/C20H12ClF4N7O2/c21-15-17(26)28-9-29-19(15)34-14-2-1-10(7-13(14)22)31-18(33)12-8-30-32(16(12)20(23,24)25)11-3-5-27-6-4-11/h1-9H,(H,31,33)(H2,26,28,29). The summed E-state index contributed by atoms with van der Waals surface area (Å²) in [5.74, 6) is -2.70. The Morgan fingerprint density at radius 1 is 1.15 bits per heavy atom. The van der Waals surface area contributed by atoms with Crippen molar-refractivity contribution in [1.29, 1.82) is 0 Å². The number of alkyl halides is 3. The van der Waals surface area contributed by atoms with Crippen molar-refractivity contribution in [2.45, 2.75) is 6.18 Å². The highest BCUT2D eigenvalue weighted by Crippen LogP contribution is 2.35. The van der Waals surface area contributed by atoms with E-state index in [1.54, 1.807) is 0 Å². The molecule has 0 bridgehead atoms. The van der Waals surface area contributed by atoms with Crippen molar-refractivity contribution in [3.63, 3.8) is 0 Å². The normalized spacial score (nSPS) is 11.3. The summed E-state index contributed by atoms with van der Waals surface area (Å²) in [6.45, 7) is 0. The number of pyridine rings is 1. The molecular formula is C20H12ClF4N7O2. The fraction of sp³-hybridized carbons (Fsp3) is 0.0500. The minimum absolute atomic E-state index is 0.0536. The minimum atomic E-state index is -4.91. The molecule has 1 amide bonds. The topological polar surface area (TPSA) is 121 Å². The quantitative estimate of drug-likeness (QED) is 0.393. The zero-order valence-corrected chi connectivity index (χ0v) is 17.5. The largest absolute Gasteiger partial charge is 0.434 e. The fourth-order valence-electron chi connectivity index (χ4n) is 2.87. The van der Waals surface area contributed by atoms with Gasteiger partial charge in [-0.1, -0.05) is 11.6 Å². The van der Waals surface area contributed by atoms with Gasteiger partial charge in [-0.15, -0.1) is 0 Å². The number of nitrogen functional groups attached to an aromatic ring is 1. The molecule has 1 aromatic carbocycles. The molecule has 4 aromatic rings. The number of carbonyl (C=O) groups is 1. The molecule has 0 spiro atoms. The summed E-state index contributed by atoms with van der Waals surface area (Å²) in [6, 6.07) is 5.80. The van der Waals surface area contributed by atoms with Gasteiger partial charge in [0.15, 0.2) is 17.3 Å². The number of benzene rings is 1. The van der Waals surface area contributed by atoms with Crippen LogP contribution in [0.15, 0.2) is 55.2 Å². The third kappa shape index (κ3) is 4.59. The number of aromatic nitrogens is 5. The zero-order valence-electron chi connectivity index (χ0n) is 16.7. The maximum Gasteiger partial charge on any atom is 0.434 e. The molecular weight excluding hydrogens is 482 g/mol. The first kappa shape index (κ1) is 22.9. The molecule has 4 rings (SSSR count). The number of ether oxygens (including phenoxy) is 1. The molecule has 0 unspecified atom stereocenters. The minimum Gasteiger partial charge on any atom is -0.434 e. The molecule has 0 aliphatic carbocycles. The lowest BCUT2D eigenvalue weighted by molar-refractivity contribution is -0.143. The fourth-order valence-corrected chi connectivity index (χ4v) is 3.01. The summed E-state index contributed by atoms with van der Waals surface area (Å²) in [6.07, 6.45) is -0.506. The van der Waals surface area contributed by atoms with Crippen LogP contribution in [0.25, 0.3) is 5.69 Å². The molecule has 0 atom stereocenters. The maximum atomic E-state index is 14.5. The highest BCUT2D eigenvalue weighted by Gasteiger charge is 2.40. The summed E-state index contributed by atoms with van der Waals surface area (Å²) in [7, 11) is 0. The molecule has 0 saturated heterocycles. The van der Waals surface area contributed by atoms with Crippen molar-refractivity contribution in [2.24, 2.45) is 0 Å². The Labute approximate surface area is 193 Å². The maximum absolute atomic E-state index is 14.5. The lowest BCUT2D eigenvalue weighted by Crippen LogP contribution is -2.20. The molecule has 9 nitrogen and oxygen atoms in total. The van der Waals surface area contributed by atoms with Crippen LogP contribution in [-0.4, -0.2) is 30.6 Å². The van der Waals surface area contributed by atoms with Crippen molar-refractivity contribution in [3.8, 4) is 17.3 Å². The Hall–Kier alpha value is -4.26. The van der Waals surface area contributed by atoms with Crippen LogP contribution in [0.1, 0.15) is 16.1 Å². The summed E-state index contributed by atoms with van der Waals surface area (Å²) in [4.78, 5) is 23.8. The second-order valence-electron chi connectivity index (χ2n) is 6.60. The molecule has 174 valence electrons. The number of rotatable bonds is 5.